The van der Waals surface area contributed by atoms with E-state index in [0.29, 0.717) is 0 Å². The summed E-state index contributed by atoms with van der Waals surface area (Å²) in [5, 5.41) is 18.4. The number of aromatic carboxylic acids is 1. The summed E-state index contributed by atoms with van der Waals surface area (Å²) in [4.78, 5) is 10.8. The molecule has 18 heavy (non-hydrogen) atoms. The van der Waals surface area contributed by atoms with Crippen LogP contribution in [0.3, 0.4) is 0 Å². The van der Waals surface area contributed by atoms with Gasteiger partial charge < -0.3 is 14.8 Å². The van der Waals surface area contributed by atoms with Crippen molar-refractivity contribution in [3.8, 4) is 0 Å². The van der Waals surface area contributed by atoms with Crippen LogP contribution in [0.4, 0.5) is 0 Å². The second kappa shape index (κ2) is 3.81. The summed E-state index contributed by atoms with van der Waals surface area (Å²) in [6.07, 6.45) is 1.26. The fourth-order valence-corrected chi connectivity index (χ4v) is 3.67. The lowest BCUT2D eigenvalue weighted by Gasteiger charge is -2.42. The van der Waals surface area contributed by atoms with Crippen molar-refractivity contribution in [1.82, 2.24) is 8.87 Å². The van der Waals surface area contributed by atoms with Crippen LogP contribution < -0.4 is 0 Å². The minimum Gasteiger partial charge on any atom is -0.477 e. The van der Waals surface area contributed by atoms with E-state index >= 15 is 0 Å². The zero-order valence-electron chi connectivity index (χ0n) is 9.99. The van der Waals surface area contributed by atoms with Crippen LogP contribution in [0.2, 0.25) is 0 Å². The summed E-state index contributed by atoms with van der Waals surface area (Å²) in [6, 6.07) is 1.12. The van der Waals surface area contributed by atoms with Crippen LogP contribution >= 0.6 is 0 Å². The molecule has 2 rings (SSSR count). The third-order valence-electron chi connectivity index (χ3n) is 2.87. The number of carboxylic acids is 1. The SMILES string of the molecule is Cn1cc(S(=O)(=O)N2CC(C)(O)C2)cc1C(=O)O. The first-order valence-electron chi connectivity index (χ1n) is 5.26. The Morgan fingerprint density at radius 3 is 2.39 bits per heavy atom. The molecule has 0 aromatic carbocycles. The average molecular weight is 274 g/mol. The Balaban J connectivity index is 2.32. The molecule has 0 bridgehead atoms. The van der Waals surface area contributed by atoms with Crippen LogP contribution in [-0.4, -0.2) is 52.2 Å². The van der Waals surface area contributed by atoms with Gasteiger partial charge in [0.25, 0.3) is 0 Å². The molecule has 7 nitrogen and oxygen atoms in total. The third kappa shape index (κ3) is 2.02. The van der Waals surface area contributed by atoms with E-state index in [1.165, 1.54) is 17.8 Å². The second-order valence-corrected chi connectivity index (χ2v) is 6.69. The summed E-state index contributed by atoms with van der Waals surface area (Å²) in [7, 11) is -2.25. The molecule has 1 aromatic heterocycles. The van der Waals surface area contributed by atoms with E-state index in [-0.39, 0.29) is 23.7 Å². The topological polar surface area (TPSA) is 99.8 Å². The van der Waals surface area contributed by atoms with Crippen molar-refractivity contribution in [2.45, 2.75) is 17.4 Å². The number of aliphatic hydroxyl groups is 1. The van der Waals surface area contributed by atoms with Gasteiger partial charge in [-0.1, -0.05) is 0 Å². The maximum absolute atomic E-state index is 12.1. The number of hydrogen-bond donors (Lipinski definition) is 2. The van der Waals surface area contributed by atoms with Crippen molar-refractivity contribution in [2.75, 3.05) is 13.1 Å². The molecule has 100 valence electrons. The van der Waals surface area contributed by atoms with E-state index in [9.17, 15) is 18.3 Å². The Bertz CT molecular complexity index is 594. The van der Waals surface area contributed by atoms with Gasteiger partial charge in [-0.3, -0.25) is 0 Å². The smallest absolute Gasteiger partial charge is 0.352 e. The molecule has 1 saturated heterocycles. The number of aryl methyl sites for hydroxylation is 1. The highest BCUT2D eigenvalue weighted by molar-refractivity contribution is 7.89. The monoisotopic (exact) mass is 274 g/mol. The van der Waals surface area contributed by atoms with Gasteiger partial charge >= 0.3 is 5.97 Å². The van der Waals surface area contributed by atoms with Crippen LogP contribution in [0.15, 0.2) is 17.2 Å². The van der Waals surface area contributed by atoms with Crippen molar-refractivity contribution in [3.05, 3.63) is 18.0 Å². The number of rotatable bonds is 3. The van der Waals surface area contributed by atoms with E-state index in [1.807, 2.05) is 0 Å². The standard InChI is InChI=1S/C10H14N2O5S/c1-10(15)5-12(6-10)18(16,17)7-3-8(9(13)14)11(2)4-7/h3-4,15H,5-6H2,1-2H3,(H,13,14). The molecule has 1 fully saturated rings. The van der Waals surface area contributed by atoms with Crippen molar-refractivity contribution in [1.29, 1.82) is 0 Å². The number of hydrogen-bond acceptors (Lipinski definition) is 4. The molecule has 1 aliphatic rings. The Labute approximate surface area is 104 Å². The largest absolute Gasteiger partial charge is 0.477 e. The number of β-amino-alcohol motifs (C(OH)–C–C–N with tert-alkyl or cyclic N) is 1. The third-order valence-corrected chi connectivity index (χ3v) is 4.63. The van der Waals surface area contributed by atoms with Crippen LogP contribution in [0.5, 0.6) is 0 Å². The van der Waals surface area contributed by atoms with Gasteiger partial charge in [-0.15, -0.1) is 0 Å². The summed E-state index contributed by atoms with van der Waals surface area (Å²) in [6.45, 7) is 1.59. The molecule has 8 heteroatoms. The first kappa shape index (κ1) is 13.1. The van der Waals surface area contributed by atoms with Gasteiger partial charge in [0.2, 0.25) is 10.0 Å². The van der Waals surface area contributed by atoms with Crippen LogP contribution in [0, 0.1) is 0 Å². The van der Waals surface area contributed by atoms with Crippen LogP contribution in [-0.2, 0) is 17.1 Å². The highest BCUT2D eigenvalue weighted by Gasteiger charge is 2.44. The molecule has 0 aliphatic carbocycles. The van der Waals surface area contributed by atoms with Crippen molar-refractivity contribution < 1.29 is 23.4 Å². The molecule has 0 amide bonds. The van der Waals surface area contributed by atoms with Gasteiger partial charge in [0.1, 0.15) is 10.6 Å². The minimum absolute atomic E-state index is 0.0205. The Kier molecular flexibility index (Phi) is 2.76. The second-order valence-electron chi connectivity index (χ2n) is 4.75. The quantitative estimate of drug-likeness (QED) is 0.772. The van der Waals surface area contributed by atoms with Gasteiger partial charge in [-0.05, 0) is 13.0 Å². The predicted octanol–water partition coefficient (Wildman–Crippen LogP) is -0.521. The molecule has 0 spiro atoms. The van der Waals surface area contributed by atoms with Crippen molar-refractivity contribution >= 4 is 16.0 Å². The summed E-state index contributed by atoms with van der Waals surface area (Å²) in [5.74, 6) is -1.19. The van der Waals surface area contributed by atoms with Gasteiger partial charge in [-0.25, -0.2) is 13.2 Å². The highest BCUT2D eigenvalue weighted by Crippen LogP contribution is 2.28. The first-order chi connectivity index (χ1) is 8.13. The number of nitrogens with zero attached hydrogens (tertiary/aromatic N) is 2. The maximum atomic E-state index is 12.1. The number of aromatic nitrogens is 1. The van der Waals surface area contributed by atoms with Crippen molar-refractivity contribution in [2.24, 2.45) is 7.05 Å². The van der Waals surface area contributed by atoms with Gasteiger partial charge in [0.15, 0.2) is 0 Å². The molecule has 0 atom stereocenters. The normalized spacial score (nSPS) is 19.5. The Hall–Kier alpha value is -1.38. The molecule has 0 radical (unpaired) electrons. The lowest BCUT2D eigenvalue weighted by molar-refractivity contribution is -0.0426. The van der Waals surface area contributed by atoms with Crippen LogP contribution in [0.1, 0.15) is 17.4 Å². The summed E-state index contributed by atoms with van der Waals surface area (Å²) < 4.78 is 26.6. The van der Waals surface area contributed by atoms with Crippen molar-refractivity contribution in [3.63, 3.8) is 0 Å². The highest BCUT2D eigenvalue weighted by atomic mass is 32.2. The molecular formula is C10H14N2O5S. The zero-order chi connectivity index (χ0) is 13.7. The molecule has 0 saturated carbocycles. The van der Waals surface area contributed by atoms with E-state index in [2.05, 4.69) is 0 Å². The maximum Gasteiger partial charge on any atom is 0.352 e. The van der Waals surface area contributed by atoms with Gasteiger partial charge in [-0.2, -0.15) is 4.31 Å². The number of carboxylic acid groups (broad SMARTS) is 1. The molecule has 0 unspecified atom stereocenters. The van der Waals surface area contributed by atoms with E-state index in [0.717, 1.165) is 10.4 Å². The Morgan fingerprint density at radius 1 is 1.44 bits per heavy atom. The van der Waals surface area contributed by atoms with Gasteiger partial charge in [0, 0.05) is 26.3 Å². The molecule has 1 aliphatic heterocycles. The van der Waals surface area contributed by atoms with E-state index in [1.54, 1.807) is 6.92 Å². The molecular weight excluding hydrogens is 260 g/mol. The van der Waals surface area contributed by atoms with Gasteiger partial charge in [0.05, 0.1) is 5.60 Å². The lowest BCUT2D eigenvalue weighted by Crippen LogP contribution is -2.61. The Morgan fingerprint density at radius 2 is 2.00 bits per heavy atom. The zero-order valence-corrected chi connectivity index (χ0v) is 10.8. The fourth-order valence-electron chi connectivity index (χ4n) is 1.92. The number of carbonyl (C=O) groups is 1. The van der Waals surface area contributed by atoms with E-state index < -0.39 is 21.6 Å². The first-order valence-corrected chi connectivity index (χ1v) is 6.70. The molecule has 2 N–H and O–H groups in total. The van der Waals surface area contributed by atoms with Crippen LogP contribution in [0.25, 0.3) is 0 Å². The van der Waals surface area contributed by atoms with E-state index in [4.69, 9.17) is 5.11 Å². The minimum atomic E-state index is -3.72. The lowest BCUT2D eigenvalue weighted by atomic mass is 10.0. The summed E-state index contributed by atoms with van der Waals surface area (Å²) >= 11 is 0. The molecule has 1 aromatic rings. The summed E-state index contributed by atoms with van der Waals surface area (Å²) in [5.41, 5.74) is -1.10. The predicted molar refractivity (Wildman–Crippen MR) is 61.8 cm³/mol. The average Bonchev–Trinajstić information content (AvgIpc) is 2.57. The number of sulfonamides is 1. The fraction of sp³-hybridized carbons (Fsp3) is 0.500. The molecule has 2 heterocycles.